The molecule has 0 spiro atoms. The number of benzene rings is 2. The molecule has 5 rings (SSSR count). The minimum absolute atomic E-state index is 0.119. The summed E-state index contributed by atoms with van der Waals surface area (Å²) in [5.41, 5.74) is 4.86. The summed E-state index contributed by atoms with van der Waals surface area (Å²) < 4.78 is 1.95. The molecule has 0 aliphatic heterocycles. The van der Waals surface area contributed by atoms with Crippen molar-refractivity contribution in [3.63, 3.8) is 0 Å². The number of hydrogen-bond donors (Lipinski definition) is 0. The van der Waals surface area contributed by atoms with Gasteiger partial charge in [0.25, 0.3) is 0 Å². The number of rotatable bonds is 1. The number of aromatic nitrogens is 1. The molecule has 4 aromatic rings. The van der Waals surface area contributed by atoms with Crippen LogP contribution in [-0.4, -0.2) is 16.0 Å². The zero-order chi connectivity index (χ0) is 17.0. The Morgan fingerprint density at radius 3 is 2.24 bits per heavy atom. The van der Waals surface area contributed by atoms with Gasteiger partial charge >= 0.3 is 0 Å². The zero-order valence-corrected chi connectivity index (χ0v) is 13.3. The van der Waals surface area contributed by atoms with Crippen LogP contribution in [0.3, 0.4) is 0 Å². The number of nitrogens with zero attached hydrogens (tertiary/aromatic N) is 1. The Morgan fingerprint density at radius 2 is 1.40 bits per heavy atom. The number of carbonyl (C=O) groups is 2. The predicted molar refractivity (Wildman–Crippen MR) is 98.1 cm³/mol. The van der Waals surface area contributed by atoms with Crippen molar-refractivity contribution in [2.24, 2.45) is 0 Å². The third-order valence-electron chi connectivity index (χ3n) is 4.76. The van der Waals surface area contributed by atoms with Crippen molar-refractivity contribution in [3.05, 3.63) is 90.1 Å². The van der Waals surface area contributed by atoms with Gasteiger partial charge < -0.3 is 4.40 Å². The maximum Gasteiger partial charge on any atom is 0.188 e. The van der Waals surface area contributed by atoms with Crippen LogP contribution in [0, 0.1) is 0 Å². The van der Waals surface area contributed by atoms with Crippen LogP contribution in [0.4, 0.5) is 0 Å². The standard InChI is InChI=1S/C22H13NO2/c24-20-10-11-21(25)22-17(20)13-23-18-9-5-4-8-15(18)16(12-19(22)23)14-6-2-1-3-7-14/h1-13H. The van der Waals surface area contributed by atoms with E-state index in [1.54, 1.807) is 6.20 Å². The first-order valence-corrected chi connectivity index (χ1v) is 8.13. The molecule has 2 aromatic heterocycles. The first kappa shape index (κ1) is 13.9. The lowest BCUT2D eigenvalue weighted by Crippen LogP contribution is -2.08. The molecular weight excluding hydrogens is 310 g/mol. The maximum atomic E-state index is 12.4. The molecule has 0 saturated heterocycles. The fourth-order valence-corrected chi connectivity index (χ4v) is 3.62. The summed E-state index contributed by atoms with van der Waals surface area (Å²) >= 11 is 0. The Bertz CT molecular complexity index is 1210. The molecule has 0 bridgehead atoms. The number of allylic oxidation sites excluding steroid dienone is 2. The summed E-state index contributed by atoms with van der Waals surface area (Å²) in [4.78, 5) is 24.7. The van der Waals surface area contributed by atoms with Gasteiger partial charge in [0.1, 0.15) is 0 Å². The van der Waals surface area contributed by atoms with Crippen molar-refractivity contribution in [2.75, 3.05) is 0 Å². The van der Waals surface area contributed by atoms with Gasteiger partial charge in [-0.3, -0.25) is 9.59 Å². The Morgan fingerprint density at radius 1 is 0.680 bits per heavy atom. The third kappa shape index (κ3) is 1.93. The average molecular weight is 323 g/mol. The van der Waals surface area contributed by atoms with E-state index < -0.39 is 0 Å². The number of fused-ring (bicyclic) bond motifs is 5. The summed E-state index contributed by atoms with van der Waals surface area (Å²) in [6.45, 7) is 0. The average Bonchev–Trinajstić information content (AvgIpc) is 3.06. The smallest absolute Gasteiger partial charge is 0.188 e. The second-order valence-electron chi connectivity index (χ2n) is 6.18. The summed E-state index contributed by atoms with van der Waals surface area (Å²) in [6.07, 6.45) is 4.50. The Hall–Kier alpha value is -3.46. The normalized spacial score (nSPS) is 13.6. The van der Waals surface area contributed by atoms with E-state index in [1.807, 2.05) is 46.9 Å². The van der Waals surface area contributed by atoms with Crippen LogP contribution in [0.5, 0.6) is 0 Å². The van der Waals surface area contributed by atoms with E-state index in [1.165, 1.54) is 12.2 Å². The molecule has 1 aliphatic carbocycles. The van der Waals surface area contributed by atoms with E-state index in [9.17, 15) is 9.59 Å². The van der Waals surface area contributed by atoms with Gasteiger partial charge in [0.05, 0.1) is 22.2 Å². The summed E-state index contributed by atoms with van der Waals surface area (Å²) in [6, 6.07) is 20.2. The van der Waals surface area contributed by atoms with E-state index in [0.29, 0.717) is 11.1 Å². The number of carbonyl (C=O) groups excluding carboxylic acids is 2. The van der Waals surface area contributed by atoms with Crippen LogP contribution in [0.1, 0.15) is 20.7 Å². The fraction of sp³-hybridized carbons (Fsp3) is 0. The van der Waals surface area contributed by atoms with Gasteiger partial charge in [0.15, 0.2) is 11.6 Å². The zero-order valence-electron chi connectivity index (χ0n) is 13.3. The highest BCUT2D eigenvalue weighted by atomic mass is 16.1. The molecule has 2 aromatic carbocycles. The highest BCUT2D eigenvalue weighted by Gasteiger charge is 2.25. The number of hydrogen-bond acceptors (Lipinski definition) is 2. The van der Waals surface area contributed by atoms with Crippen molar-refractivity contribution in [1.29, 1.82) is 0 Å². The maximum absolute atomic E-state index is 12.4. The first-order valence-electron chi connectivity index (χ1n) is 8.13. The van der Waals surface area contributed by atoms with E-state index in [2.05, 4.69) is 18.2 Å². The van der Waals surface area contributed by atoms with Gasteiger partial charge in [-0.2, -0.15) is 0 Å². The molecular formula is C22H13NO2. The van der Waals surface area contributed by atoms with Gasteiger partial charge in [0.2, 0.25) is 0 Å². The monoisotopic (exact) mass is 323 g/mol. The van der Waals surface area contributed by atoms with Crippen LogP contribution in [0.2, 0.25) is 0 Å². The minimum atomic E-state index is -0.122. The fourth-order valence-electron chi connectivity index (χ4n) is 3.62. The molecule has 0 radical (unpaired) electrons. The van der Waals surface area contributed by atoms with Crippen LogP contribution < -0.4 is 0 Å². The van der Waals surface area contributed by atoms with E-state index >= 15 is 0 Å². The Kier molecular flexibility index (Phi) is 2.80. The summed E-state index contributed by atoms with van der Waals surface area (Å²) in [7, 11) is 0. The van der Waals surface area contributed by atoms with E-state index in [0.717, 1.165) is 27.5 Å². The molecule has 0 amide bonds. The second kappa shape index (κ2) is 5.02. The minimum Gasteiger partial charge on any atom is -0.315 e. The van der Waals surface area contributed by atoms with Crippen molar-refractivity contribution in [2.45, 2.75) is 0 Å². The second-order valence-corrected chi connectivity index (χ2v) is 6.18. The lowest BCUT2D eigenvalue weighted by atomic mass is 9.96. The number of para-hydroxylation sites is 1. The Labute approximate surface area is 143 Å². The highest BCUT2D eigenvalue weighted by molar-refractivity contribution is 6.25. The van der Waals surface area contributed by atoms with Crippen molar-refractivity contribution >= 4 is 28.0 Å². The molecule has 3 nitrogen and oxygen atoms in total. The lowest BCUT2D eigenvalue weighted by molar-refractivity contribution is 0.0996. The SMILES string of the molecule is O=C1C=CC(=O)c2c1cn1c2cc(-c2ccccc2)c2ccccc21. The van der Waals surface area contributed by atoms with E-state index in [-0.39, 0.29) is 11.6 Å². The van der Waals surface area contributed by atoms with E-state index in [4.69, 9.17) is 0 Å². The molecule has 0 fully saturated rings. The lowest BCUT2D eigenvalue weighted by Gasteiger charge is -2.11. The van der Waals surface area contributed by atoms with Crippen LogP contribution in [-0.2, 0) is 0 Å². The largest absolute Gasteiger partial charge is 0.315 e. The quantitative estimate of drug-likeness (QED) is 0.509. The molecule has 2 heterocycles. The molecule has 0 atom stereocenters. The summed E-state index contributed by atoms with van der Waals surface area (Å²) in [5.74, 6) is -0.241. The third-order valence-corrected chi connectivity index (χ3v) is 4.76. The Balaban J connectivity index is 1.98. The van der Waals surface area contributed by atoms with Gasteiger partial charge in [-0.05, 0) is 35.4 Å². The van der Waals surface area contributed by atoms with Crippen molar-refractivity contribution < 1.29 is 9.59 Å². The topological polar surface area (TPSA) is 38.5 Å². The molecule has 1 aliphatic rings. The molecule has 0 saturated carbocycles. The van der Waals surface area contributed by atoms with Crippen LogP contribution in [0.15, 0.2) is 79.0 Å². The van der Waals surface area contributed by atoms with Gasteiger partial charge in [0, 0.05) is 11.6 Å². The van der Waals surface area contributed by atoms with Crippen LogP contribution in [0.25, 0.3) is 27.5 Å². The first-order chi connectivity index (χ1) is 12.2. The molecule has 3 heteroatoms. The van der Waals surface area contributed by atoms with Crippen molar-refractivity contribution in [3.8, 4) is 11.1 Å². The molecule has 0 unspecified atom stereocenters. The predicted octanol–water partition coefficient (Wildman–Crippen LogP) is 4.69. The molecule has 118 valence electrons. The number of pyridine rings is 1. The van der Waals surface area contributed by atoms with Crippen molar-refractivity contribution in [1.82, 2.24) is 4.40 Å². The van der Waals surface area contributed by atoms with Gasteiger partial charge in [-0.1, -0.05) is 48.5 Å². The summed E-state index contributed by atoms with van der Waals surface area (Å²) in [5, 5.41) is 1.08. The number of ketones is 2. The van der Waals surface area contributed by atoms with Gasteiger partial charge in [-0.15, -0.1) is 0 Å². The van der Waals surface area contributed by atoms with Crippen LogP contribution >= 0.6 is 0 Å². The molecule has 0 N–H and O–H groups in total. The highest BCUT2D eigenvalue weighted by Crippen LogP contribution is 2.34. The molecule has 25 heavy (non-hydrogen) atoms. The van der Waals surface area contributed by atoms with Gasteiger partial charge in [-0.25, -0.2) is 0 Å².